The maximum absolute atomic E-state index is 5.04. The van der Waals surface area contributed by atoms with Crippen molar-refractivity contribution in [1.82, 2.24) is 0 Å². The molecule has 0 N–H and O–H groups in total. The zero-order valence-electron chi connectivity index (χ0n) is 8.12. The van der Waals surface area contributed by atoms with Crippen LogP contribution < -0.4 is 0 Å². The molecule has 0 fully saturated rings. The maximum atomic E-state index is 5.04. The minimum atomic E-state index is 0.538. The van der Waals surface area contributed by atoms with Crippen molar-refractivity contribution in [2.75, 3.05) is 7.05 Å². The molecule has 72 valence electrons. The van der Waals surface area contributed by atoms with Gasteiger partial charge in [0, 0.05) is 12.0 Å². The lowest BCUT2D eigenvalue weighted by Crippen LogP contribution is -1.87. The fourth-order valence-corrected chi connectivity index (χ4v) is 1.11. The summed E-state index contributed by atoms with van der Waals surface area (Å²) >= 11 is 1.50. The van der Waals surface area contributed by atoms with E-state index in [9.17, 15) is 0 Å². The molecule has 0 aliphatic heterocycles. The molecule has 0 aromatic carbocycles. The number of allylic oxidation sites excluding steroid dienone is 1. The number of thioether (sulfide) groups is 1. The summed E-state index contributed by atoms with van der Waals surface area (Å²) in [6.07, 6.45) is 4.42. The van der Waals surface area contributed by atoms with E-state index in [-0.39, 0.29) is 0 Å². The number of hydrogen-bond donors (Lipinski definition) is 0. The molecule has 0 radical (unpaired) electrons. The van der Waals surface area contributed by atoms with Gasteiger partial charge in [-0.1, -0.05) is 37.9 Å². The average molecular weight is 197 g/mol. The summed E-state index contributed by atoms with van der Waals surface area (Å²) in [5.41, 5.74) is 0. The van der Waals surface area contributed by atoms with Crippen LogP contribution >= 0.6 is 11.8 Å². The van der Waals surface area contributed by atoms with E-state index in [1.165, 1.54) is 18.2 Å². The van der Waals surface area contributed by atoms with Crippen molar-refractivity contribution in [1.29, 1.82) is 0 Å². The van der Waals surface area contributed by atoms with Crippen LogP contribution in [-0.4, -0.2) is 13.4 Å². The van der Waals surface area contributed by atoms with E-state index < -0.39 is 0 Å². The molecule has 2 nitrogen and oxygen atoms in total. The second kappa shape index (κ2) is 7.68. The first-order valence-corrected chi connectivity index (χ1v) is 4.87. The van der Waals surface area contributed by atoms with Crippen molar-refractivity contribution in [3.63, 3.8) is 0 Å². The number of ether oxygens (including phenoxy) is 1. The Balaban J connectivity index is 3.83. The average Bonchev–Trinajstić information content (AvgIpc) is 2.14. The minimum absolute atomic E-state index is 0.538. The van der Waals surface area contributed by atoms with E-state index in [1.807, 2.05) is 5.41 Å². The van der Waals surface area contributed by atoms with Crippen LogP contribution in [0.4, 0.5) is 0 Å². The van der Waals surface area contributed by atoms with Gasteiger partial charge in [-0.2, -0.15) is 0 Å². The fourth-order valence-electron chi connectivity index (χ4n) is 0.474. The van der Waals surface area contributed by atoms with Gasteiger partial charge in [0.25, 0.3) is 0 Å². The van der Waals surface area contributed by atoms with Crippen molar-refractivity contribution in [3.05, 3.63) is 35.3 Å². The van der Waals surface area contributed by atoms with Crippen LogP contribution in [0.5, 0.6) is 0 Å². The summed E-state index contributed by atoms with van der Waals surface area (Å²) in [5, 5.41) is 1.97. The summed E-state index contributed by atoms with van der Waals surface area (Å²) in [6.45, 7) is 9.59. The highest BCUT2D eigenvalue weighted by atomic mass is 32.2. The van der Waals surface area contributed by atoms with Gasteiger partial charge in [0.2, 0.25) is 0 Å². The van der Waals surface area contributed by atoms with Gasteiger partial charge < -0.3 is 4.74 Å². The molecule has 0 aromatic rings. The molecule has 0 aromatic heterocycles. The molecule has 0 aliphatic rings. The Morgan fingerprint density at radius 2 is 2.23 bits per heavy atom. The molecule has 0 rings (SSSR count). The maximum Gasteiger partial charge on any atom is 0.176 e. The van der Waals surface area contributed by atoms with Crippen LogP contribution in [0, 0.1) is 0 Å². The van der Waals surface area contributed by atoms with Crippen molar-refractivity contribution < 1.29 is 4.74 Å². The largest absolute Gasteiger partial charge is 0.446 e. The van der Waals surface area contributed by atoms with Gasteiger partial charge in [0.05, 0.1) is 0 Å². The first kappa shape index (κ1) is 12.0. The predicted octanol–water partition coefficient (Wildman–Crippen LogP) is 3.35. The second-order valence-electron chi connectivity index (χ2n) is 2.23. The van der Waals surface area contributed by atoms with E-state index >= 15 is 0 Å². The molecule has 0 amide bonds. The Morgan fingerprint density at radius 1 is 1.54 bits per heavy atom. The molecule has 0 saturated carbocycles. The minimum Gasteiger partial charge on any atom is -0.446 e. The number of aliphatic imine (C=N–C) groups is 1. The van der Waals surface area contributed by atoms with Gasteiger partial charge in [-0.25, -0.2) is 0 Å². The van der Waals surface area contributed by atoms with Gasteiger partial charge in [0.1, 0.15) is 5.76 Å². The van der Waals surface area contributed by atoms with Crippen molar-refractivity contribution >= 4 is 18.2 Å². The first-order chi connectivity index (χ1) is 6.22. The van der Waals surface area contributed by atoms with E-state index in [0.29, 0.717) is 5.76 Å². The highest BCUT2D eigenvalue weighted by molar-refractivity contribution is 8.06. The van der Waals surface area contributed by atoms with Crippen LogP contribution in [0.1, 0.15) is 13.3 Å². The topological polar surface area (TPSA) is 21.6 Å². The van der Waals surface area contributed by atoms with Crippen molar-refractivity contribution in [3.8, 4) is 0 Å². The van der Waals surface area contributed by atoms with Crippen LogP contribution in [-0.2, 0) is 4.74 Å². The quantitative estimate of drug-likeness (QED) is 0.282. The van der Waals surface area contributed by atoms with Gasteiger partial charge in [-0.05, 0) is 11.8 Å². The molecule has 3 heteroatoms. The van der Waals surface area contributed by atoms with Gasteiger partial charge in [-0.15, -0.1) is 0 Å². The van der Waals surface area contributed by atoms with E-state index in [1.54, 1.807) is 7.05 Å². The molecule has 0 unspecified atom stereocenters. The molecule has 0 heterocycles. The van der Waals surface area contributed by atoms with E-state index in [0.717, 1.165) is 11.3 Å². The Bertz CT molecular complexity index is 231. The smallest absolute Gasteiger partial charge is 0.176 e. The van der Waals surface area contributed by atoms with Crippen LogP contribution in [0.25, 0.3) is 0 Å². The first-order valence-electron chi connectivity index (χ1n) is 3.99. The zero-order valence-corrected chi connectivity index (χ0v) is 8.93. The summed E-state index contributed by atoms with van der Waals surface area (Å²) in [6, 6.07) is 0. The lowest BCUT2D eigenvalue weighted by atomic mass is 10.5. The highest BCUT2D eigenvalue weighted by Crippen LogP contribution is 2.22. The Kier molecular flexibility index (Phi) is 7.11. The fraction of sp³-hybridized carbons (Fsp3) is 0.300. The van der Waals surface area contributed by atoms with Gasteiger partial charge in [-0.3, -0.25) is 4.99 Å². The summed E-state index contributed by atoms with van der Waals surface area (Å²) in [5.74, 6) is 0.538. The number of rotatable bonds is 6. The third-order valence-corrected chi connectivity index (χ3v) is 1.99. The molecule has 0 spiro atoms. The normalized spacial score (nSPS) is 10.9. The molecular formula is C10H15NOS. The van der Waals surface area contributed by atoms with E-state index in [4.69, 9.17) is 4.74 Å². The predicted molar refractivity (Wildman–Crippen MR) is 60.8 cm³/mol. The molecule has 0 saturated heterocycles. The van der Waals surface area contributed by atoms with E-state index in [2.05, 4.69) is 31.2 Å². The summed E-state index contributed by atoms with van der Waals surface area (Å²) in [4.78, 5) is 4.47. The molecule has 0 bridgehead atoms. The lowest BCUT2D eigenvalue weighted by Gasteiger charge is -2.03. The van der Waals surface area contributed by atoms with Crippen LogP contribution in [0.15, 0.2) is 40.3 Å². The molecule has 0 atom stereocenters. The Labute approximate surface area is 84.1 Å². The molecule has 13 heavy (non-hydrogen) atoms. The van der Waals surface area contributed by atoms with Crippen molar-refractivity contribution in [2.24, 2.45) is 4.99 Å². The second-order valence-corrected chi connectivity index (χ2v) is 3.23. The van der Waals surface area contributed by atoms with Gasteiger partial charge in [0.15, 0.2) is 6.40 Å². The highest BCUT2D eigenvalue weighted by Gasteiger charge is 1.97. The van der Waals surface area contributed by atoms with Crippen molar-refractivity contribution in [2.45, 2.75) is 13.3 Å². The van der Waals surface area contributed by atoms with Gasteiger partial charge >= 0.3 is 0 Å². The molecule has 0 aliphatic carbocycles. The summed E-state index contributed by atoms with van der Waals surface area (Å²) < 4.78 is 5.04. The third kappa shape index (κ3) is 6.22. The number of nitrogens with zero attached hydrogens (tertiary/aromatic N) is 1. The standard InChI is InChI=1S/C10H15NOS/c1-5-6-7-13-10(3)9(2)12-8-11-4/h6-8H,2-3,5H2,1,4H3/b7-6-,11-8?. The summed E-state index contributed by atoms with van der Waals surface area (Å²) in [7, 11) is 1.64. The Morgan fingerprint density at radius 3 is 2.77 bits per heavy atom. The zero-order chi connectivity index (χ0) is 10.1. The SMILES string of the molecule is C=C(OC=NC)C(=C)S/C=C\CC. The van der Waals surface area contributed by atoms with Crippen LogP contribution in [0.3, 0.4) is 0 Å². The molecular weight excluding hydrogens is 182 g/mol. The van der Waals surface area contributed by atoms with Crippen LogP contribution in [0.2, 0.25) is 0 Å². The lowest BCUT2D eigenvalue weighted by molar-refractivity contribution is 0.454. The monoisotopic (exact) mass is 197 g/mol. The Hall–Kier alpha value is -0.960. The number of hydrogen-bond acceptors (Lipinski definition) is 3. The third-order valence-electron chi connectivity index (χ3n) is 1.15.